The molecular formula is C23H15F2N5OS. The van der Waals surface area contributed by atoms with Gasteiger partial charge >= 0.3 is 0 Å². The number of hydrogen-bond donors (Lipinski definition) is 1. The zero-order valence-electron chi connectivity index (χ0n) is 16.7. The summed E-state index contributed by atoms with van der Waals surface area (Å²) in [5, 5.41) is 6.06. The molecule has 0 bridgehead atoms. The summed E-state index contributed by atoms with van der Waals surface area (Å²) in [4.78, 5) is 17.9. The van der Waals surface area contributed by atoms with E-state index in [0.717, 1.165) is 29.1 Å². The number of thiazole rings is 1. The Bertz CT molecular complexity index is 1430. The van der Waals surface area contributed by atoms with E-state index in [9.17, 15) is 8.78 Å². The number of nitrogens with one attached hydrogen (secondary N) is 1. The molecule has 6 nitrogen and oxygen atoms in total. The minimum Gasteiger partial charge on any atom is -0.497 e. The summed E-state index contributed by atoms with van der Waals surface area (Å²) >= 11 is 1.26. The fourth-order valence-electron chi connectivity index (χ4n) is 3.20. The maximum Gasteiger partial charge on any atom is 0.188 e. The number of halogens is 2. The van der Waals surface area contributed by atoms with Crippen LogP contribution in [0.5, 0.6) is 5.75 Å². The van der Waals surface area contributed by atoms with E-state index < -0.39 is 11.6 Å². The van der Waals surface area contributed by atoms with Crippen LogP contribution in [0.1, 0.15) is 0 Å². The van der Waals surface area contributed by atoms with Crippen molar-refractivity contribution in [3.63, 3.8) is 0 Å². The van der Waals surface area contributed by atoms with Crippen molar-refractivity contribution in [1.82, 2.24) is 19.9 Å². The summed E-state index contributed by atoms with van der Waals surface area (Å²) in [7, 11) is 1.58. The Morgan fingerprint density at radius 3 is 2.72 bits per heavy atom. The Hall–Kier alpha value is -3.98. The van der Waals surface area contributed by atoms with Crippen molar-refractivity contribution in [2.75, 3.05) is 12.4 Å². The average molecular weight is 447 g/mol. The van der Waals surface area contributed by atoms with Crippen molar-refractivity contribution in [3.8, 4) is 28.4 Å². The van der Waals surface area contributed by atoms with E-state index in [4.69, 9.17) is 4.74 Å². The highest BCUT2D eigenvalue weighted by Gasteiger charge is 2.15. The number of fused-ring (bicyclic) bond motifs is 1. The Morgan fingerprint density at radius 2 is 1.91 bits per heavy atom. The number of nitrogens with zero attached hydrogens (tertiary/aromatic N) is 4. The molecule has 0 aliphatic heterocycles. The minimum absolute atomic E-state index is 0.0968. The van der Waals surface area contributed by atoms with Gasteiger partial charge in [-0.05, 0) is 48.5 Å². The van der Waals surface area contributed by atoms with E-state index in [2.05, 4.69) is 25.3 Å². The molecular weight excluding hydrogens is 432 g/mol. The summed E-state index contributed by atoms with van der Waals surface area (Å²) in [5.74, 6) is 0.581. The summed E-state index contributed by atoms with van der Waals surface area (Å²) in [6, 6.07) is 12.5. The van der Waals surface area contributed by atoms with Crippen molar-refractivity contribution in [1.29, 1.82) is 0 Å². The van der Waals surface area contributed by atoms with E-state index in [0.29, 0.717) is 33.7 Å². The topological polar surface area (TPSA) is 72.8 Å². The van der Waals surface area contributed by atoms with Crippen molar-refractivity contribution >= 4 is 33.2 Å². The van der Waals surface area contributed by atoms with Crippen molar-refractivity contribution in [2.24, 2.45) is 0 Å². The lowest BCUT2D eigenvalue weighted by Gasteiger charge is -2.10. The number of rotatable bonds is 5. The summed E-state index contributed by atoms with van der Waals surface area (Å²) < 4.78 is 33.1. The van der Waals surface area contributed by atoms with Gasteiger partial charge in [0.1, 0.15) is 23.2 Å². The van der Waals surface area contributed by atoms with Crippen LogP contribution in [0.2, 0.25) is 0 Å². The number of benzene rings is 2. The molecule has 158 valence electrons. The highest BCUT2D eigenvalue weighted by atomic mass is 32.1. The Labute approximate surface area is 185 Å². The Morgan fingerprint density at radius 1 is 1.00 bits per heavy atom. The van der Waals surface area contributed by atoms with Gasteiger partial charge in [-0.1, -0.05) is 0 Å². The molecule has 0 aliphatic carbocycles. The molecule has 2 aromatic carbocycles. The highest BCUT2D eigenvalue weighted by molar-refractivity contribution is 7.14. The van der Waals surface area contributed by atoms with Crippen LogP contribution < -0.4 is 10.1 Å². The first-order valence-electron chi connectivity index (χ1n) is 9.55. The van der Waals surface area contributed by atoms with Gasteiger partial charge in [0.15, 0.2) is 11.0 Å². The van der Waals surface area contributed by atoms with Crippen LogP contribution in [0.3, 0.4) is 0 Å². The molecule has 0 saturated carbocycles. The van der Waals surface area contributed by atoms with Crippen LogP contribution in [0.4, 0.5) is 19.7 Å². The number of anilines is 2. The third-order valence-corrected chi connectivity index (χ3v) is 5.51. The monoisotopic (exact) mass is 447 g/mol. The van der Waals surface area contributed by atoms with Gasteiger partial charge in [-0.2, -0.15) is 0 Å². The highest BCUT2D eigenvalue weighted by Crippen LogP contribution is 2.33. The SMILES string of the molecule is COc1ccc2nc(-c3cccnc3)nc(Nc3nc(-c4cc(F)ccc4F)cs3)c2c1. The average Bonchev–Trinajstić information content (AvgIpc) is 3.29. The maximum absolute atomic E-state index is 14.2. The largest absolute Gasteiger partial charge is 0.497 e. The molecule has 3 heterocycles. The number of aromatic nitrogens is 4. The van der Waals surface area contributed by atoms with Gasteiger partial charge in [-0.25, -0.2) is 23.7 Å². The van der Waals surface area contributed by atoms with Crippen LogP contribution in [-0.4, -0.2) is 27.0 Å². The molecule has 0 saturated heterocycles. The minimum atomic E-state index is -0.542. The number of ether oxygens (including phenoxy) is 1. The molecule has 9 heteroatoms. The standard InChI is InChI=1S/C23H15F2N5OS/c1-31-15-5-7-19-17(10-15)22(29-21(27-19)13-3-2-8-26-11-13)30-23-28-20(12-32-23)16-9-14(24)4-6-18(16)25/h2-12H,1H3,(H,27,28,29,30). The van der Waals surface area contributed by atoms with E-state index in [1.165, 1.54) is 11.3 Å². The van der Waals surface area contributed by atoms with Crippen LogP contribution in [-0.2, 0) is 0 Å². The van der Waals surface area contributed by atoms with E-state index in [1.807, 2.05) is 30.3 Å². The first-order chi connectivity index (χ1) is 15.6. The zero-order chi connectivity index (χ0) is 22.1. The quantitative estimate of drug-likeness (QED) is 0.365. The molecule has 5 aromatic rings. The van der Waals surface area contributed by atoms with Crippen LogP contribution >= 0.6 is 11.3 Å². The van der Waals surface area contributed by atoms with Crippen LogP contribution in [0, 0.1) is 11.6 Å². The lowest BCUT2D eigenvalue weighted by Crippen LogP contribution is -2.00. The van der Waals surface area contributed by atoms with Gasteiger partial charge < -0.3 is 10.1 Å². The summed E-state index contributed by atoms with van der Waals surface area (Å²) in [5.41, 5.74) is 1.89. The van der Waals surface area contributed by atoms with E-state index in [1.54, 1.807) is 24.9 Å². The molecule has 3 aromatic heterocycles. The smallest absolute Gasteiger partial charge is 0.188 e. The van der Waals surface area contributed by atoms with E-state index >= 15 is 0 Å². The Kier molecular flexibility index (Phi) is 5.16. The second-order valence-electron chi connectivity index (χ2n) is 6.81. The lowest BCUT2D eigenvalue weighted by atomic mass is 10.1. The molecule has 0 radical (unpaired) electrons. The summed E-state index contributed by atoms with van der Waals surface area (Å²) in [6.45, 7) is 0. The number of pyridine rings is 1. The molecule has 32 heavy (non-hydrogen) atoms. The van der Waals surface area contributed by atoms with Gasteiger partial charge in [-0.15, -0.1) is 11.3 Å². The third kappa shape index (κ3) is 3.85. The maximum atomic E-state index is 14.2. The van der Waals surface area contributed by atoms with Crippen molar-refractivity contribution < 1.29 is 13.5 Å². The van der Waals surface area contributed by atoms with E-state index in [-0.39, 0.29) is 5.56 Å². The summed E-state index contributed by atoms with van der Waals surface area (Å²) in [6.07, 6.45) is 3.36. The van der Waals surface area contributed by atoms with Crippen LogP contribution in [0.15, 0.2) is 66.3 Å². The van der Waals surface area contributed by atoms with Crippen molar-refractivity contribution in [2.45, 2.75) is 0 Å². The fourth-order valence-corrected chi connectivity index (χ4v) is 3.91. The van der Waals surface area contributed by atoms with Gasteiger partial charge in [0, 0.05) is 34.3 Å². The number of hydrogen-bond acceptors (Lipinski definition) is 7. The molecule has 1 N–H and O–H groups in total. The fraction of sp³-hybridized carbons (Fsp3) is 0.0435. The zero-order valence-corrected chi connectivity index (χ0v) is 17.5. The number of methoxy groups -OCH3 is 1. The lowest BCUT2D eigenvalue weighted by molar-refractivity contribution is 0.415. The Balaban J connectivity index is 1.59. The molecule has 0 aliphatic rings. The first-order valence-corrected chi connectivity index (χ1v) is 10.4. The molecule has 0 amide bonds. The second kappa shape index (κ2) is 8.27. The third-order valence-electron chi connectivity index (χ3n) is 4.76. The second-order valence-corrected chi connectivity index (χ2v) is 7.67. The molecule has 0 atom stereocenters. The molecule has 0 fully saturated rings. The van der Waals surface area contributed by atoms with Gasteiger partial charge in [0.25, 0.3) is 0 Å². The molecule has 5 rings (SSSR count). The first kappa shape index (κ1) is 20.0. The van der Waals surface area contributed by atoms with Crippen LogP contribution in [0.25, 0.3) is 33.5 Å². The normalized spacial score (nSPS) is 11.0. The predicted octanol–water partition coefficient (Wildman–Crippen LogP) is 5.85. The molecule has 0 spiro atoms. The molecule has 0 unspecified atom stereocenters. The van der Waals surface area contributed by atoms with Gasteiger partial charge in [-0.3, -0.25) is 4.98 Å². The van der Waals surface area contributed by atoms with Gasteiger partial charge in [0.05, 0.1) is 18.3 Å². The van der Waals surface area contributed by atoms with Gasteiger partial charge in [0.2, 0.25) is 0 Å². The van der Waals surface area contributed by atoms with Crippen molar-refractivity contribution in [3.05, 3.63) is 77.9 Å². The predicted molar refractivity (Wildman–Crippen MR) is 120 cm³/mol.